The molecule has 0 radical (unpaired) electrons. The summed E-state index contributed by atoms with van der Waals surface area (Å²) in [6.45, 7) is 10.9. The predicted octanol–water partition coefficient (Wildman–Crippen LogP) is 1.83. The minimum atomic E-state index is 0.187. The van der Waals surface area contributed by atoms with Gasteiger partial charge in [-0.2, -0.15) is 11.8 Å². The first kappa shape index (κ1) is 15.3. The summed E-state index contributed by atoms with van der Waals surface area (Å²) < 4.78 is 5.37. The Kier molecular flexibility index (Phi) is 6.85. The van der Waals surface area contributed by atoms with Gasteiger partial charge in [-0.1, -0.05) is 0 Å². The van der Waals surface area contributed by atoms with Crippen LogP contribution >= 0.6 is 11.8 Å². The highest BCUT2D eigenvalue weighted by atomic mass is 32.2. The van der Waals surface area contributed by atoms with Gasteiger partial charge in [0.2, 0.25) is 0 Å². The third-order valence-electron chi connectivity index (χ3n) is 3.00. The highest BCUT2D eigenvalue weighted by Gasteiger charge is 2.21. The Balaban J connectivity index is 2.44. The largest absolute Gasteiger partial charge is 0.383 e. The van der Waals surface area contributed by atoms with Crippen LogP contribution in [0.5, 0.6) is 0 Å². The van der Waals surface area contributed by atoms with E-state index in [1.54, 1.807) is 7.11 Å². The number of nitrogens with zero attached hydrogens (tertiary/aromatic N) is 1. The molecule has 102 valence electrons. The van der Waals surface area contributed by atoms with E-state index in [0.717, 1.165) is 13.2 Å². The van der Waals surface area contributed by atoms with E-state index in [4.69, 9.17) is 4.74 Å². The van der Waals surface area contributed by atoms with E-state index in [2.05, 4.69) is 42.7 Å². The van der Waals surface area contributed by atoms with Gasteiger partial charge in [-0.05, 0) is 39.5 Å². The van der Waals surface area contributed by atoms with Crippen molar-refractivity contribution in [2.75, 3.05) is 44.9 Å². The smallest absolute Gasteiger partial charge is 0.0630 e. The van der Waals surface area contributed by atoms with Crippen LogP contribution < -0.4 is 5.32 Å². The molecule has 1 fully saturated rings. The van der Waals surface area contributed by atoms with Crippen LogP contribution in [0, 0.1) is 0 Å². The zero-order chi connectivity index (χ0) is 12.7. The molecule has 0 aliphatic carbocycles. The van der Waals surface area contributed by atoms with Crippen LogP contribution in [0.3, 0.4) is 0 Å². The monoisotopic (exact) mass is 260 g/mol. The van der Waals surface area contributed by atoms with Gasteiger partial charge in [-0.3, -0.25) is 4.90 Å². The first-order valence-corrected chi connectivity index (χ1v) is 7.74. The van der Waals surface area contributed by atoms with Crippen molar-refractivity contribution in [1.82, 2.24) is 10.2 Å². The molecule has 1 unspecified atom stereocenters. The molecule has 1 aliphatic rings. The quantitative estimate of drug-likeness (QED) is 0.815. The molecular formula is C13H28N2OS. The Morgan fingerprint density at radius 2 is 2.06 bits per heavy atom. The van der Waals surface area contributed by atoms with E-state index in [-0.39, 0.29) is 5.54 Å². The van der Waals surface area contributed by atoms with Crippen LogP contribution in [-0.2, 0) is 4.74 Å². The second-order valence-corrected chi connectivity index (χ2v) is 6.97. The van der Waals surface area contributed by atoms with Crippen LogP contribution in [0.25, 0.3) is 0 Å². The van der Waals surface area contributed by atoms with Crippen LogP contribution in [0.4, 0.5) is 0 Å². The van der Waals surface area contributed by atoms with Gasteiger partial charge in [0.1, 0.15) is 0 Å². The molecule has 0 bridgehead atoms. The number of rotatable bonds is 5. The van der Waals surface area contributed by atoms with Crippen LogP contribution in [0.15, 0.2) is 0 Å². The molecule has 3 nitrogen and oxygen atoms in total. The van der Waals surface area contributed by atoms with Crippen molar-refractivity contribution in [3.8, 4) is 0 Å². The zero-order valence-electron chi connectivity index (χ0n) is 11.8. The molecule has 0 aromatic rings. The van der Waals surface area contributed by atoms with Crippen molar-refractivity contribution < 1.29 is 4.74 Å². The summed E-state index contributed by atoms with van der Waals surface area (Å²) in [5.41, 5.74) is 0.187. The maximum atomic E-state index is 5.37. The Labute approximate surface area is 111 Å². The second kappa shape index (κ2) is 7.62. The molecule has 0 aromatic heterocycles. The highest BCUT2D eigenvalue weighted by Crippen LogP contribution is 2.13. The summed E-state index contributed by atoms with van der Waals surface area (Å²) in [6, 6.07) is 0.512. The Morgan fingerprint density at radius 3 is 2.71 bits per heavy atom. The van der Waals surface area contributed by atoms with Crippen molar-refractivity contribution in [3.63, 3.8) is 0 Å². The lowest BCUT2D eigenvalue weighted by molar-refractivity contribution is 0.0901. The molecule has 0 spiro atoms. The summed E-state index contributed by atoms with van der Waals surface area (Å²) in [4.78, 5) is 2.59. The lowest BCUT2D eigenvalue weighted by Crippen LogP contribution is -2.50. The molecule has 1 aliphatic heterocycles. The van der Waals surface area contributed by atoms with Gasteiger partial charge in [-0.25, -0.2) is 0 Å². The van der Waals surface area contributed by atoms with Crippen LogP contribution in [0.2, 0.25) is 0 Å². The van der Waals surface area contributed by atoms with Crippen molar-refractivity contribution in [3.05, 3.63) is 0 Å². The van der Waals surface area contributed by atoms with Gasteiger partial charge in [0.25, 0.3) is 0 Å². The number of ether oxygens (including phenoxy) is 1. The third-order valence-corrected chi connectivity index (χ3v) is 4.05. The van der Waals surface area contributed by atoms with Gasteiger partial charge in [0.15, 0.2) is 0 Å². The standard InChI is InChI=1S/C13H28N2OS/c1-13(2,3)14-10-12(11-16-4)15-6-5-8-17-9-7-15/h12,14H,5-11H2,1-4H3. The molecule has 1 atom stereocenters. The molecule has 1 rings (SSSR count). The molecular weight excluding hydrogens is 232 g/mol. The normalized spacial score (nSPS) is 21.2. The molecule has 17 heavy (non-hydrogen) atoms. The molecule has 4 heteroatoms. The molecule has 1 N–H and O–H groups in total. The summed E-state index contributed by atoms with van der Waals surface area (Å²) in [5, 5.41) is 3.60. The fourth-order valence-electron chi connectivity index (χ4n) is 2.04. The lowest BCUT2D eigenvalue weighted by atomic mass is 10.1. The lowest BCUT2D eigenvalue weighted by Gasteiger charge is -2.32. The number of thioether (sulfide) groups is 1. The summed E-state index contributed by atoms with van der Waals surface area (Å²) in [5.74, 6) is 2.57. The van der Waals surface area contributed by atoms with Gasteiger partial charge in [0.05, 0.1) is 6.61 Å². The Bertz CT molecular complexity index is 198. The molecule has 0 saturated carbocycles. The van der Waals surface area contributed by atoms with E-state index >= 15 is 0 Å². The maximum Gasteiger partial charge on any atom is 0.0630 e. The fourth-order valence-corrected chi connectivity index (χ4v) is 2.94. The van der Waals surface area contributed by atoms with E-state index in [9.17, 15) is 0 Å². The molecule has 1 saturated heterocycles. The minimum Gasteiger partial charge on any atom is -0.383 e. The van der Waals surface area contributed by atoms with Crippen molar-refractivity contribution in [2.24, 2.45) is 0 Å². The average molecular weight is 260 g/mol. The van der Waals surface area contributed by atoms with Crippen molar-refractivity contribution in [2.45, 2.75) is 38.8 Å². The van der Waals surface area contributed by atoms with Gasteiger partial charge >= 0.3 is 0 Å². The summed E-state index contributed by atoms with van der Waals surface area (Å²) in [6.07, 6.45) is 1.31. The number of hydrogen-bond acceptors (Lipinski definition) is 4. The van der Waals surface area contributed by atoms with Crippen molar-refractivity contribution >= 4 is 11.8 Å². The topological polar surface area (TPSA) is 24.5 Å². The van der Waals surface area contributed by atoms with Gasteiger partial charge in [0, 0.05) is 37.5 Å². The number of hydrogen-bond donors (Lipinski definition) is 1. The van der Waals surface area contributed by atoms with E-state index < -0.39 is 0 Å². The van der Waals surface area contributed by atoms with E-state index in [1.165, 1.54) is 31.0 Å². The third kappa shape index (κ3) is 6.65. The predicted molar refractivity (Wildman–Crippen MR) is 76.9 cm³/mol. The van der Waals surface area contributed by atoms with E-state index in [1.807, 2.05) is 0 Å². The molecule has 0 aromatic carbocycles. The number of nitrogens with one attached hydrogen (secondary N) is 1. The number of methoxy groups -OCH3 is 1. The van der Waals surface area contributed by atoms with E-state index in [0.29, 0.717) is 6.04 Å². The first-order chi connectivity index (χ1) is 8.03. The average Bonchev–Trinajstić information content (AvgIpc) is 2.51. The second-order valence-electron chi connectivity index (χ2n) is 5.74. The minimum absolute atomic E-state index is 0.187. The zero-order valence-corrected chi connectivity index (χ0v) is 12.6. The SMILES string of the molecule is COCC(CNC(C)(C)C)N1CCCSCC1. The summed E-state index contributed by atoms with van der Waals surface area (Å²) in [7, 11) is 1.80. The maximum absolute atomic E-state index is 5.37. The molecule has 1 heterocycles. The molecule has 0 amide bonds. The van der Waals surface area contributed by atoms with Gasteiger partial charge in [-0.15, -0.1) is 0 Å². The Hall–Kier alpha value is 0.230. The van der Waals surface area contributed by atoms with Crippen LogP contribution in [-0.4, -0.2) is 61.3 Å². The van der Waals surface area contributed by atoms with Crippen LogP contribution in [0.1, 0.15) is 27.2 Å². The highest BCUT2D eigenvalue weighted by molar-refractivity contribution is 7.99. The fraction of sp³-hybridized carbons (Fsp3) is 1.00. The van der Waals surface area contributed by atoms with Crippen molar-refractivity contribution in [1.29, 1.82) is 0 Å². The summed E-state index contributed by atoms with van der Waals surface area (Å²) >= 11 is 2.08. The first-order valence-electron chi connectivity index (χ1n) is 6.58. The van der Waals surface area contributed by atoms with Gasteiger partial charge < -0.3 is 10.1 Å². The Morgan fingerprint density at radius 1 is 1.29 bits per heavy atom.